The maximum atomic E-state index is 12.2. The SMILES string of the molecule is CCc1cccc2ccn(CCC(F)(F)F)c12. The molecule has 17 heavy (non-hydrogen) atoms. The minimum Gasteiger partial charge on any atom is -0.347 e. The topological polar surface area (TPSA) is 4.93 Å². The monoisotopic (exact) mass is 241 g/mol. The molecule has 0 aliphatic rings. The van der Waals surface area contributed by atoms with Gasteiger partial charge in [0.1, 0.15) is 0 Å². The minimum absolute atomic E-state index is 0.00991. The third-order valence-electron chi connectivity index (χ3n) is 2.89. The van der Waals surface area contributed by atoms with Crippen LogP contribution in [0.25, 0.3) is 10.9 Å². The molecular weight excluding hydrogens is 227 g/mol. The van der Waals surface area contributed by atoms with Gasteiger partial charge < -0.3 is 4.57 Å². The van der Waals surface area contributed by atoms with E-state index in [4.69, 9.17) is 0 Å². The number of halogens is 3. The third kappa shape index (κ3) is 2.62. The number of aromatic nitrogens is 1. The maximum absolute atomic E-state index is 12.2. The fourth-order valence-corrected chi connectivity index (χ4v) is 2.06. The molecule has 1 aromatic heterocycles. The molecule has 0 saturated carbocycles. The highest BCUT2D eigenvalue weighted by molar-refractivity contribution is 5.83. The average Bonchev–Trinajstić information content (AvgIpc) is 2.68. The molecule has 0 saturated heterocycles. The highest BCUT2D eigenvalue weighted by atomic mass is 19.4. The van der Waals surface area contributed by atoms with E-state index in [-0.39, 0.29) is 6.54 Å². The summed E-state index contributed by atoms with van der Waals surface area (Å²) < 4.78 is 38.3. The van der Waals surface area contributed by atoms with Crippen LogP contribution in [-0.2, 0) is 13.0 Å². The Morgan fingerprint density at radius 2 is 1.94 bits per heavy atom. The number of para-hydroxylation sites is 1. The fraction of sp³-hybridized carbons (Fsp3) is 0.385. The number of fused-ring (bicyclic) bond motifs is 1. The van der Waals surface area contributed by atoms with Crippen molar-refractivity contribution in [2.75, 3.05) is 0 Å². The van der Waals surface area contributed by atoms with Crippen molar-refractivity contribution in [1.82, 2.24) is 4.57 Å². The van der Waals surface area contributed by atoms with Crippen molar-refractivity contribution in [3.05, 3.63) is 36.0 Å². The lowest BCUT2D eigenvalue weighted by Crippen LogP contribution is -2.12. The number of hydrogen-bond donors (Lipinski definition) is 0. The van der Waals surface area contributed by atoms with Crippen LogP contribution in [0.3, 0.4) is 0 Å². The number of nitrogens with zero attached hydrogens (tertiary/aromatic N) is 1. The molecule has 1 nitrogen and oxygen atoms in total. The zero-order valence-electron chi connectivity index (χ0n) is 9.59. The summed E-state index contributed by atoms with van der Waals surface area (Å²) in [5.74, 6) is 0. The second-order valence-corrected chi connectivity index (χ2v) is 4.08. The molecule has 2 rings (SSSR count). The third-order valence-corrected chi connectivity index (χ3v) is 2.89. The van der Waals surface area contributed by atoms with Crippen molar-refractivity contribution >= 4 is 10.9 Å². The minimum atomic E-state index is -4.10. The number of aryl methyl sites for hydroxylation is 2. The highest BCUT2D eigenvalue weighted by Crippen LogP contribution is 2.25. The molecule has 0 bridgehead atoms. The van der Waals surface area contributed by atoms with Crippen LogP contribution in [0.1, 0.15) is 18.9 Å². The van der Waals surface area contributed by atoms with E-state index in [1.807, 2.05) is 31.2 Å². The molecular formula is C13H14F3N. The lowest BCUT2D eigenvalue weighted by atomic mass is 10.1. The van der Waals surface area contributed by atoms with Crippen molar-refractivity contribution in [3.8, 4) is 0 Å². The molecule has 0 aliphatic carbocycles. The van der Waals surface area contributed by atoms with Crippen LogP contribution >= 0.6 is 0 Å². The molecule has 0 amide bonds. The fourth-order valence-electron chi connectivity index (χ4n) is 2.06. The van der Waals surface area contributed by atoms with Gasteiger partial charge in [-0.25, -0.2) is 0 Å². The predicted octanol–water partition coefficient (Wildman–Crippen LogP) is 4.16. The van der Waals surface area contributed by atoms with Crippen LogP contribution in [0.5, 0.6) is 0 Å². The van der Waals surface area contributed by atoms with Gasteiger partial charge in [-0.1, -0.05) is 25.1 Å². The van der Waals surface area contributed by atoms with Gasteiger partial charge >= 0.3 is 6.18 Å². The van der Waals surface area contributed by atoms with E-state index in [1.54, 1.807) is 10.8 Å². The molecule has 4 heteroatoms. The number of alkyl halides is 3. The Bertz CT molecular complexity index is 511. The normalized spacial score (nSPS) is 12.2. The molecule has 0 spiro atoms. The smallest absolute Gasteiger partial charge is 0.347 e. The van der Waals surface area contributed by atoms with Gasteiger partial charge in [-0.2, -0.15) is 13.2 Å². The van der Waals surface area contributed by atoms with E-state index in [9.17, 15) is 13.2 Å². The molecule has 0 N–H and O–H groups in total. The molecule has 0 atom stereocenters. The quantitative estimate of drug-likeness (QED) is 0.760. The molecule has 0 fully saturated rings. The lowest BCUT2D eigenvalue weighted by Gasteiger charge is -2.10. The van der Waals surface area contributed by atoms with E-state index in [0.717, 1.165) is 22.9 Å². The Kier molecular flexibility index (Phi) is 3.13. The van der Waals surface area contributed by atoms with Crippen molar-refractivity contribution < 1.29 is 13.2 Å². The Balaban J connectivity index is 2.34. The summed E-state index contributed by atoms with van der Waals surface area (Å²) in [6, 6.07) is 7.70. The van der Waals surface area contributed by atoms with Gasteiger partial charge in [0.15, 0.2) is 0 Å². The summed E-state index contributed by atoms with van der Waals surface area (Å²) in [4.78, 5) is 0. The van der Waals surface area contributed by atoms with Crippen molar-refractivity contribution in [2.24, 2.45) is 0 Å². The molecule has 1 aromatic carbocycles. The van der Waals surface area contributed by atoms with Gasteiger partial charge in [0.05, 0.1) is 11.9 Å². The molecule has 1 heterocycles. The van der Waals surface area contributed by atoms with Crippen LogP contribution in [0.2, 0.25) is 0 Å². The standard InChI is InChI=1S/C13H14F3N/c1-2-10-4-3-5-11-6-8-17(12(10)11)9-7-13(14,15)16/h3-6,8H,2,7,9H2,1H3. The summed E-state index contributed by atoms with van der Waals surface area (Å²) in [6.45, 7) is 2.00. The van der Waals surface area contributed by atoms with Crippen molar-refractivity contribution in [1.29, 1.82) is 0 Å². The van der Waals surface area contributed by atoms with E-state index in [0.29, 0.717) is 0 Å². The maximum Gasteiger partial charge on any atom is 0.390 e. The van der Waals surface area contributed by atoms with E-state index in [2.05, 4.69) is 0 Å². The molecule has 0 aliphatic heterocycles. The van der Waals surface area contributed by atoms with Crippen LogP contribution < -0.4 is 0 Å². The van der Waals surface area contributed by atoms with Crippen LogP contribution in [0.4, 0.5) is 13.2 Å². The Labute approximate surface area is 97.9 Å². The van der Waals surface area contributed by atoms with E-state index < -0.39 is 12.6 Å². The summed E-state index contributed by atoms with van der Waals surface area (Å²) in [5.41, 5.74) is 2.02. The summed E-state index contributed by atoms with van der Waals surface area (Å²) in [7, 11) is 0. The van der Waals surface area contributed by atoms with Crippen LogP contribution in [-0.4, -0.2) is 10.7 Å². The zero-order chi connectivity index (χ0) is 12.5. The molecule has 0 radical (unpaired) electrons. The number of hydrogen-bond acceptors (Lipinski definition) is 0. The first kappa shape index (κ1) is 12.0. The van der Waals surface area contributed by atoms with Gasteiger partial charge in [-0.3, -0.25) is 0 Å². The van der Waals surface area contributed by atoms with E-state index >= 15 is 0 Å². The Hall–Kier alpha value is -1.45. The number of benzene rings is 1. The van der Waals surface area contributed by atoms with Crippen molar-refractivity contribution in [2.45, 2.75) is 32.5 Å². The lowest BCUT2D eigenvalue weighted by molar-refractivity contribution is -0.136. The summed E-state index contributed by atoms with van der Waals surface area (Å²) in [6.07, 6.45) is -2.32. The van der Waals surface area contributed by atoms with Crippen molar-refractivity contribution in [3.63, 3.8) is 0 Å². The van der Waals surface area contributed by atoms with Gasteiger partial charge in [0, 0.05) is 12.7 Å². The summed E-state index contributed by atoms with van der Waals surface area (Å²) >= 11 is 0. The van der Waals surface area contributed by atoms with Gasteiger partial charge in [0.25, 0.3) is 0 Å². The predicted molar refractivity (Wildman–Crippen MR) is 62.0 cm³/mol. The first-order valence-corrected chi connectivity index (χ1v) is 5.65. The van der Waals surface area contributed by atoms with Crippen LogP contribution in [0, 0.1) is 0 Å². The summed E-state index contributed by atoms with van der Waals surface area (Å²) in [5, 5.41) is 1.01. The molecule has 92 valence electrons. The highest BCUT2D eigenvalue weighted by Gasteiger charge is 2.26. The average molecular weight is 241 g/mol. The zero-order valence-corrected chi connectivity index (χ0v) is 9.59. The molecule has 2 aromatic rings. The van der Waals surface area contributed by atoms with Gasteiger partial charge in [-0.15, -0.1) is 0 Å². The van der Waals surface area contributed by atoms with Crippen LogP contribution in [0.15, 0.2) is 30.5 Å². The molecule has 0 unspecified atom stereocenters. The first-order valence-electron chi connectivity index (χ1n) is 5.65. The number of rotatable bonds is 3. The Morgan fingerprint density at radius 3 is 2.59 bits per heavy atom. The second-order valence-electron chi connectivity index (χ2n) is 4.08. The first-order chi connectivity index (χ1) is 8.01. The van der Waals surface area contributed by atoms with E-state index in [1.165, 1.54) is 0 Å². The Morgan fingerprint density at radius 1 is 1.18 bits per heavy atom. The largest absolute Gasteiger partial charge is 0.390 e. The van der Waals surface area contributed by atoms with Gasteiger partial charge in [0.2, 0.25) is 0 Å². The second kappa shape index (κ2) is 4.43. The van der Waals surface area contributed by atoms with Gasteiger partial charge in [-0.05, 0) is 23.4 Å².